The lowest BCUT2D eigenvalue weighted by molar-refractivity contribution is 0.0699. The SMILES string of the molecule is O=C(c1cc2c(s1)CCCCCC2)N1CCN(S(=O)(=O)N2CCCCCC2)CC1. The fourth-order valence-corrected chi connectivity index (χ4v) is 7.56. The van der Waals surface area contributed by atoms with E-state index < -0.39 is 10.2 Å². The molecule has 162 valence electrons. The fraction of sp³-hybridized carbons (Fsp3) is 0.762. The predicted molar refractivity (Wildman–Crippen MR) is 117 cm³/mol. The molecule has 8 heteroatoms. The minimum absolute atomic E-state index is 0.0774. The first kappa shape index (κ1) is 21.3. The molecule has 3 heterocycles. The normalized spacial score (nSPS) is 23.1. The Morgan fingerprint density at radius 2 is 1.34 bits per heavy atom. The lowest BCUT2D eigenvalue weighted by atomic mass is 10.00. The maximum Gasteiger partial charge on any atom is 0.282 e. The molecule has 0 atom stereocenters. The Labute approximate surface area is 179 Å². The van der Waals surface area contributed by atoms with E-state index in [1.54, 1.807) is 19.9 Å². The zero-order valence-electron chi connectivity index (χ0n) is 17.3. The summed E-state index contributed by atoms with van der Waals surface area (Å²) in [7, 11) is -3.40. The minimum Gasteiger partial charge on any atom is -0.335 e. The molecule has 0 aromatic carbocycles. The maximum atomic E-state index is 13.1. The van der Waals surface area contributed by atoms with Gasteiger partial charge in [0.2, 0.25) is 0 Å². The molecule has 0 bridgehead atoms. The van der Waals surface area contributed by atoms with Gasteiger partial charge in [0.1, 0.15) is 0 Å². The first-order chi connectivity index (χ1) is 14.1. The zero-order chi connectivity index (χ0) is 20.3. The quantitative estimate of drug-likeness (QED) is 0.726. The predicted octanol–water partition coefficient (Wildman–Crippen LogP) is 3.29. The van der Waals surface area contributed by atoms with Gasteiger partial charge in [-0.05, 0) is 50.2 Å². The third kappa shape index (κ3) is 4.86. The average Bonchev–Trinajstić information content (AvgIpc) is 2.92. The van der Waals surface area contributed by atoms with Crippen LogP contribution in [-0.4, -0.2) is 67.1 Å². The van der Waals surface area contributed by atoms with Crippen LogP contribution in [0.15, 0.2) is 6.07 Å². The first-order valence-electron chi connectivity index (χ1n) is 11.2. The minimum atomic E-state index is -3.40. The summed E-state index contributed by atoms with van der Waals surface area (Å²) in [5, 5.41) is 0. The van der Waals surface area contributed by atoms with Crippen molar-refractivity contribution >= 4 is 27.5 Å². The summed E-state index contributed by atoms with van der Waals surface area (Å²) in [5.41, 5.74) is 1.36. The van der Waals surface area contributed by atoms with Crippen molar-refractivity contribution in [3.05, 3.63) is 21.4 Å². The largest absolute Gasteiger partial charge is 0.335 e. The molecule has 3 aliphatic rings. The van der Waals surface area contributed by atoms with Crippen molar-refractivity contribution in [1.82, 2.24) is 13.5 Å². The van der Waals surface area contributed by atoms with Crippen molar-refractivity contribution in [3.8, 4) is 0 Å². The number of thiophene rings is 1. The molecule has 1 aromatic heterocycles. The maximum absolute atomic E-state index is 13.1. The summed E-state index contributed by atoms with van der Waals surface area (Å²) < 4.78 is 29.2. The van der Waals surface area contributed by atoms with Gasteiger partial charge in [-0.15, -0.1) is 11.3 Å². The molecule has 0 unspecified atom stereocenters. The van der Waals surface area contributed by atoms with Gasteiger partial charge in [0.15, 0.2) is 0 Å². The number of amides is 1. The van der Waals surface area contributed by atoms with Crippen LogP contribution >= 0.6 is 11.3 Å². The van der Waals surface area contributed by atoms with Crippen molar-refractivity contribution in [1.29, 1.82) is 0 Å². The number of fused-ring (bicyclic) bond motifs is 1. The highest BCUT2D eigenvalue weighted by molar-refractivity contribution is 7.86. The van der Waals surface area contributed by atoms with Crippen LogP contribution in [0.25, 0.3) is 0 Å². The molecule has 6 nitrogen and oxygen atoms in total. The molecule has 1 aliphatic carbocycles. The molecule has 4 rings (SSSR count). The van der Waals surface area contributed by atoms with Gasteiger partial charge in [0.05, 0.1) is 4.88 Å². The summed E-state index contributed by atoms with van der Waals surface area (Å²) in [6.45, 7) is 3.01. The third-order valence-electron chi connectivity index (χ3n) is 6.45. The van der Waals surface area contributed by atoms with Gasteiger partial charge in [-0.2, -0.15) is 17.0 Å². The van der Waals surface area contributed by atoms with E-state index in [4.69, 9.17) is 0 Å². The number of nitrogens with zero attached hydrogens (tertiary/aromatic N) is 3. The molecule has 0 saturated carbocycles. The highest BCUT2D eigenvalue weighted by Gasteiger charge is 2.34. The second kappa shape index (κ2) is 9.45. The summed E-state index contributed by atoms with van der Waals surface area (Å²) in [5.74, 6) is 0.0774. The number of carbonyl (C=O) groups excluding carboxylic acids is 1. The van der Waals surface area contributed by atoms with Crippen LogP contribution in [-0.2, 0) is 23.1 Å². The van der Waals surface area contributed by atoms with E-state index in [0.717, 1.165) is 43.4 Å². The van der Waals surface area contributed by atoms with Crippen LogP contribution in [0.2, 0.25) is 0 Å². The van der Waals surface area contributed by atoms with Crippen molar-refractivity contribution in [2.24, 2.45) is 0 Å². The molecule has 0 radical (unpaired) electrons. The van der Waals surface area contributed by atoms with Crippen LogP contribution in [0.4, 0.5) is 0 Å². The van der Waals surface area contributed by atoms with Gasteiger partial charge in [-0.25, -0.2) is 0 Å². The van der Waals surface area contributed by atoms with Gasteiger partial charge in [-0.3, -0.25) is 4.79 Å². The van der Waals surface area contributed by atoms with Gasteiger partial charge in [-0.1, -0.05) is 25.7 Å². The smallest absolute Gasteiger partial charge is 0.282 e. The van der Waals surface area contributed by atoms with Crippen molar-refractivity contribution in [3.63, 3.8) is 0 Å². The highest BCUT2D eigenvalue weighted by atomic mass is 32.2. The van der Waals surface area contributed by atoms with Gasteiger partial charge >= 0.3 is 0 Å². The Balaban J connectivity index is 1.38. The molecule has 2 saturated heterocycles. The van der Waals surface area contributed by atoms with Crippen LogP contribution in [0.5, 0.6) is 0 Å². The molecular weight excluding hydrogens is 406 g/mol. The van der Waals surface area contributed by atoms with E-state index in [1.807, 2.05) is 4.90 Å². The van der Waals surface area contributed by atoms with E-state index in [9.17, 15) is 13.2 Å². The Hall–Kier alpha value is -0.960. The van der Waals surface area contributed by atoms with E-state index in [-0.39, 0.29) is 5.91 Å². The number of hydrogen-bond acceptors (Lipinski definition) is 4. The molecular formula is C21H33N3O3S2. The van der Waals surface area contributed by atoms with Crippen molar-refractivity contribution in [2.45, 2.75) is 64.2 Å². The Morgan fingerprint density at radius 3 is 2.03 bits per heavy atom. The third-order valence-corrected chi connectivity index (χ3v) is 9.71. The Kier molecular flexibility index (Phi) is 6.94. The van der Waals surface area contributed by atoms with Crippen LogP contribution in [0, 0.1) is 0 Å². The zero-order valence-corrected chi connectivity index (χ0v) is 18.9. The van der Waals surface area contributed by atoms with E-state index in [0.29, 0.717) is 39.3 Å². The molecule has 2 fully saturated rings. The van der Waals surface area contributed by atoms with Crippen LogP contribution in [0.1, 0.15) is 71.5 Å². The van der Waals surface area contributed by atoms with Crippen molar-refractivity contribution < 1.29 is 13.2 Å². The van der Waals surface area contributed by atoms with Crippen LogP contribution < -0.4 is 0 Å². The summed E-state index contributed by atoms with van der Waals surface area (Å²) in [4.78, 5) is 17.1. The van der Waals surface area contributed by atoms with E-state index in [2.05, 4.69) is 6.07 Å². The number of piperazine rings is 1. The van der Waals surface area contributed by atoms with Gasteiger partial charge in [0.25, 0.3) is 16.1 Å². The number of carbonyl (C=O) groups is 1. The summed E-state index contributed by atoms with van der Waals surface area (Å²) in [6.07, 6.45) is 11.3. The lowest BCUT2D eigenvalue weighted by Crippen LogP contribution is -2.54. The van der Waals surface area contributed by atoms with E-state index in [1.165, 1.54) is 36.1 Å². The number of hydrogen-bond donors (Lipinski definition) is 0. The standard InChI is InChI=1S/C21H33N3O3S2/c25-21(20-17-18-9-5-1-2-6-10-19(18)28-20)22-13-15-24(16-14-22)29(26,27)23-11-7-3-4-8-12-23/h17H,1-16H2. The molecule has 1 aromatic rings. The highest BCUT2D eigenvalue weighted by Crippen LogP contribution is 2.29. The Morgan fingerprint density at radius 1 is 0.759 bits per heavy atom. The molecule has 29 heavy (non-hydrogen) atoms. The summed E-state index contributed by atoms with van der Waals surface area (Å²) in [6, 6.07) is 2.11. The topological polar surface area (TPSA) is 60.9 Å². The first-order valence-corrected chi connectivity index (χ1v) is 13.4. The molecule has 1 amide bonds. The van der Waals surface area contributed by atoms with Gasteiger partial charge in [0, 0.05) is 44.1 Å². The molecule has 2 aliphatic heterocycles. The molecule has 0 N–H and O–H groups in total. The lowest BCUT2D eigenvalue weighted by Gasteiger charge is -2.36. The average molecular weight is 440 g/mol. The van der Waals surface area contributed by atoms with Crippen molar-refractivity contribution in [2.75, 3.05) is 39.3 Å². The monoisotopic (exact) mass is 439 g/mol. The number of aryl methyl sites for hydroxylation is 2. The van der Waals surface area contributed by atoms with E-state index >= 15 is 0 Å². The van der Waals surface area contributed by atoms with Gasteiger partial charge < -0.3 is 4.90 Å². The second-order valence-electron chi connectivity index (χ2n) is 8.49. The number of rotatable bonds is 3. The Bertz CT molecular complexity index is 780. The second-order valence-corrected chi connectivity index (χ2v) is 11.6. The van der Waals surface area contributed by atoms with Crippen LogP contribution in [0.3, 0.4) is 0 Å². The molecule has 0 spiro atoms. The summed E-state index contributed by atoms with van der Waals surface area (Å²) >= 11 is 1.66. The fourth-order valence-electron chi connectivity index (χ4n) is 4.66.